The highest BCUT2D eigenvalue weighted by atomic mass is 19.1. The number of para-hydroxylation sites is 1. The van der Waals surface area contributed by atoms with E-state index in [9.17, 15) is 9.18 Å². The van der Waals surface area contributed by atoms with E-state index in [-0.39, 0.29) is 17.8 Å². The second-order valence-corrected chi connectivity index (χ2v) is 6.55. The zero-order valence-corrected chi connectivity index (χ0v) is 13.9. The van der Waals surface area contributed by atoms with E-state index in [1.165, 1.54) is 6.07 Å². The minimum Gasteiger partial charge on any atom is -0.399 e. The van der Waals surface area contributed by atoms with Crippen molar-refractivity contribution in [3.8, 4) is 0 Å². The van der Waals surface area contributed by atoms with E-state index in [1.54, 1.807) is 12.1 Å². The van der Waals surface area contributed by atoms with Gasteiger partial charge in [0, 0.05) is 18.7 Å². The molecule has 0 spiro atoms. The number of hydrogen-bond donors (Lipinski definition) is 1. The van der Waals surface area contributed by atoms with Crippen LogP contribution in [0.4, 0.5) is 10.1 Å². The van der Waals surface area contributed by atoms with Crippen molar-refractivity contribution >= 4 is 11.6 Å². The molecular formula is C20H23FN2O. The molecule has 1 fully saturated rings. The molecule has 0 saturated carbocycles. The highest BCUT2D eigenvalue weighted by molar-refractivity contribution is 5.77. The number of nitrogens with zero attached hydrogens (tertiary/aromatic N) is 1. The van der Waals surface area contributed by atoms with Gasteiger partial charge in [-0.15, -0.1) is 0 Å². The van der Waals surface area contributed by atoms with Crippen molar-refractivity contribution in [1.29, 1.82) is 0 Å². The van der Waals surface area contributed by atoms with Crippen LogP contribution in [0, 0.1) is 11.7 Å². The molecule has 1 amide bonds. The van der Waals surface area contributed by atoms with Crippen molar-refractivity contribution in [3.63, 3.8) is 0 Å². The van der Waals surface area contributed by atoms with E-state index in [2.05, 4.69) is 6.92 Å². The number of amides is 1. The highest BCUT2D eigenvalue weighted by Crippen LogP contribution is 2.37. The molecule has 2 N–H and O–H groups in total. The summed E-state index contributed by atoms with van der Waals surface area (Å²) < 4.78 is 13.6. The minimum atomic E-state index is -0.254. The predicted molar refractivity (Wildman–Crippen MR) is 93.8 cm³/mol. The first kappa shape index (κ1) is 16.5. The molecule has 3 nitrogen and oxygen atoms in total. The highest BCUT2D eigenvalue weighted by Gasteiger charge is 2.35. The van der Waals surface area contributed by atoms with E-state index >= 15 is 0 Å². The van der Waals surface area contributed by atoms with Gasteiger partial charge in [-0.05, 0) is 48.1 Å². The smallest absolute Gasteiger partial charge is 0.223 e. The van der Waals surface area contributed by atoms with Crippen molar-refractivity contribution in [3.05, 3.63) is 65.5 Å². The molecule has 0 aromatic heterocycles. The summed E-state index contributed by atoms with van der Waals surface area (Å²) in [6, 6.07) is 14.2. The topological polar surface area (TPSA) is 46.3 Å². The lowest BCUT2D eigenvalue weighted by Gasteiger charge is -2.27. The number of carbonyl (C=O) groups excluding carboxylic acids is 1. The van der Waals surface area contributed by atoms with Crippen LogP contribution >= 0.6 is 0 Å². The monoisotopic (exact) mass is 326 g/mol. The van der Waals surface area contributed by atoms with Crippen molar-refractivity contribution in [2.75, 3.05) is 12.3 Å². The summed E-state index contributed by atoms with van der Waals surface area (Å²) in [6.07, 6.45) is 2.00. The van der Waals surface area contributed by atoms with Crippen molar-refractivity contribution in [2.45, 2.75) is 32.2 Å². The Labute approximate surface area is 142 Å². The van der Waals surface area contributed by atoms with Crippen LogP contribution in [0.25, 0.3) is 0 Å². The van der Waals surface area contributed by atoms with Gasteiger partial charge in [0.25, 0.3) is 0 Å². The fraction of sp³-hybridized carbons (Fsp3) is 0.350. The molecule has 1 aliphatic heterocycles. The number of hydrogen-bond acceptors (Lipinski definition) is 2. The first-order valence-electron chi connectivity index (χ1n) is 8.44. The number of carbonyl (C=O) groups is 1. The third kappa shape index (κ3) is 3.42. The molecule has 0 bridgehead atoms. The summed E-state index contributed by atoms with van der Waals surface area (Å²) in [7, 11) is 0. The number of nitrogen functional groups attached to an aromatic ring is 1. The average Bonchev–Trinajstić information content (AvgIpc) is 2.95. The number of halogens is 1. The summed E-state index contributed by atoms with van der Waals surface area (Å²) in [5.41, 5.74) is 8.56. The fourth-order valence-corrected chi connectivity index (χ4v) is 3.57. The Morgan fingerprint density at radius 1 is 1.25 bits per heavy atom. The van der Waals surface area contributed by atoms with E-state index in [0.29, 0.717) is 18.8 Å². The maximum absolute atomic E-state index is 13.6. The number of aryl methyl sites for hydroxylation is 1. The van der Waals surface area contributed by atoms with Gasteiger partial charge in [0.1, 0.15) is 5.82 Å². The predicted octanol–water partition coefficient (Wildman–Crippen LogP) is 3.95. The molecule has 1 saturated heterocycles. The van der Waals surface area contributed by atoms with Crippen LogP contribution in [-0.4, -0.2) is 17.4 Å². The summed E-state index contributed by atoms with van der Waals surface area (Å²) in [5, 5.41) is 0. The molecule has 2 atom stereocenters. The van der Waals surface area contributed by atoms with Crippen LogP contribution in [0.2, 0.25) is 0 Å². The van der Waals surface area contributed by atoms with Gasteiger partial charge in [-0.1, -0.05) is 37.3 Å². The molecule has 126 valence electrons. The van der Waals surface area contributed by atoms with E-state index in [1.807, 2.05) is 35.2 Å². The van der Waals surface area contributed by atoms with Crippen LogP contribution < -0.4 is 5.73 Å². The van der Waals surface area contributed by atoms with Gasteiger partial charge >= 0.3 is 0 Å². The summed E-state index contributed by atoms with van der Waals surface area (Å²) >= 11 is 0. The quantitative estimate of drug-likeness (QED) is 0.865. The Bertz CT molecular complexity index is 731. The summed E-state index contributed by atoms with van der Waals surface area (Å²) in [5.74, 6) is 0.186. The molecule has 4 heteroatoms. The maximum atomic E-state index is 13.6. The van der Waals surface area contributed by atoms with Gasteiger partial charge in [0.05, 0.1) is 6.04 Å². The van der Waals surface area contributed by atoms with Gasteiger partial charge in [-0.25, -0.2) is 4.39 Å². The van der Waals surface area contributed by atoms with E-state index < -0.39 is 0 Å². The third-order valence-electron chi connectivity index (χ3n) is 4.87. The average molecular weight is 326 g/mol. The Balaban J connectivity index is 1.72. The normalized spacial score (nSPS) is 20.3. The van der Waals surface area contributed by atoms with Crippen LogP contribution in [0.3, 0.4) is 0 Å². The van der Waals surface area contributed by atoms with Crippen LogP contribution in [0.1, 0.15) is 36.9 Å². The Hall–Kier alpha value is -2.36. The number of benzene rings is 2. The molecule has 2 aromatic carbocycles. The van der Waals surface area contributed by atoms with Crippen molar-refractivity contribution in [1.82, 2.24) is 4.90 Å². The van der Waals surface area contributed by atoms with Gasteiger partial charge in [0.15, 0.2) is 0 Å². The Kier molecular flexibility index (Phi) is 4.84. The minimum absolute atomic E-state index is 0.0404. The maximum Gasteiger partial charge on any atom is 0.223 e. The molecule has 3 rings (SSSR count). The zero-order valence-electron chi connectivity index (χ0n) is 13.9. The first-order chi connectivity index (χ1) is 11.6. The van der Waals surface area contributed by atoms with Crippen LogP contribution in [0.5, 0.6) is 0 Å². The summed E-state index contributed by atoms with van der Waals surface area (Å²) in [4.78, 5) is 14.6. The van der Waals surface area contributed by atoms with Gasteiger partial charge in [0.2, 0.25) is 5.91 Å². The third-order valence-corrected chi connectivity index (χ3v) is 4.87. The largest absolute Gasteiger partial charge is 0.399 e. The molecule has 2 unspecified atom stereocenters. The molecule has 24 heavy (non-hydrogen) atoms. The lowest BCUT2D eigenvalue weighted by Crippen LogP contribution is -2.32. The lowest BCUT2D eigenvalue weighted by molar-refractivity contribution is -0.132. The van der Waals surface area contributed by atoms with E-state index in [0.717, 1.165) is 29.8 Å². The molecule has 1 heterocycles. The number of rotatable bonds is 4. The van der Waals surface area contributed by atoms with E-state index in [4.69, 9.17) is 5.73 Å². The number of likely N-dealkylation sites (tertiary alicyclic amines) is 1. The first-order valence-corrected chi connectivity index (χ1v) is 8.44. The van der Waals surface area contributed by atoms with Gasteiger partial charge in [-0.2, -0.15) is 0 Å². The molecular weight excluding hydrogens is 303 g/mol. The Morgan fingerprint density at radius 2 is 2.04 bits per heavy atom. The standard InChI is InChI=1S/C20H23FN2O/c1-14-11-12-23(20(14)16-6-4-7-17(21)13-16)19(24)10-9-15-5-2-3-8-18(15)22/h2-8,13-14,20H,9-12,22H2,1H3. The zero-order chi connectivity index (χ0) is 17.1. The molecule has 0 radical (unpaired) electrons. The second-order valence-electron chi connectivity index (χ2n) is 6.55. The summed E-state index contributed by atoms with van der Waals surface area (Å²) in [6.45, 7) is 2.85. The SMILES string of the molecule is CC1CCN(C(=O)CCc2ccccc2N)C1c1cccc(F)c1. The van der Waals surface area contributed by atoms with Crippen LogP contribution in [-0.2, 0) is 11.2 Å². The molecule has 0 aliphatic carbocycles. The van der Waals surface area contributed by atoms with Gasteiger partial charge < -0.3 is 10.6 Å². The number of anilines is 1. The Morgan fingerprint density at radius 3 is 2.79 bits per heavy atom. The lowest BCUT2D eigenvalue weighted by atomic mass is 9.95. The van der Waals surface area contributed by atoms with Gasteiger partial charge in [-0.3, -0.25) is 4.79 Å². The molecule has 2 aromatic rings. The van der Waals surface area contributed by atoms with Crippen LogP contribution in [0.15, 0.2) is 48.5 Å². The molecule has 1 aliphatic rings. The number of nitrogens with two attached hydrogens (primary N) is 1. The van der Waals surface area contributed by atoms with Crippen molar-refractivity contribution < 1.29 is 9.18 Å². The van der Waals surface area contributed by atoms with Crippen molar-refractivity contribution in [2.24, 2.45) is 5.92 Å². The fourth-order valence-electron chi connectivity index (χ4n) is 3.57. The second kappa shape index (κ2) is 7.04.